The van der Waals surface area contributed by atoms with Gasteiger partial charge in [0.2, 0.25) is 0 Å². The molecule has 0 unspecified atom stereocenters. The van der Waals surface area contributed by atoms with Gasteiger partial charge in [0, 0.05) is 17.2 Å². The molecule has 0 aliphatic heterocycles. The highest BCUT2D eigenvalue weighted by Crippen LogP contribution is 2.19. The highest BCUT2D eigenvalue weighted by atomic mass is 79.9. The third-order valence-electron chi connectivity index (χ3n) is 2.75. The van der Waals surface area contributed by atoms with Crippen LogP contribution in [0.25, 0.3) is 0 Å². The normalized spacial score (nSPS) is 11.4. The minimum atomic E-state index is -4.36. The van der Waals surface area contributed by atoms with Crippen LogP contribution >= 0.6 is 15.9 Å². The van der Waals surface area contributed by atoms with E-state index in [2.05, 4.69) is 21.2 Å². The van der Waals surface area contributed by atoms with Gasteiger partial charge in [-0.1, -0.05) is 28.1 Å². The summed E-state index contributed by atoms with van der Waals surface area (Å²) in [5, 5.41) is 2.61. The van der Waals surface area contributed by atoms with Crippen molar-refractivity contribution in [3.05, 3.63) is 58.3 Å². The molecule has 1 amide bonds. The standard InChI is InChI=1S/C14H12BrF3N2O/c15-11-4-1-3-10(7-11)8-19-13(21)12-5-2-6-20(12)9-14(16,17)18/h1-7H,8-9H2,(H,19,21). The van der Waals surface area contributed by atoms with Crippen LogP contribution in [0.3, 0.4) is 0 Å². The van der Waals surface area contributed by atoms with Gasteiger partial charge >= 0.3 is 6.18 Å². The minimum Gasteiger partial charge on any atom is -0.347 e. The third-order valence-corrected chi connectivity index (χ3v) is 3.25. The Morgan fingerprint density at radius 1 is 1.24 bits per heavy atom. The summed E-state index contributed by atoms with van der Waals surface area (Å²) in [4.78, 5) is 12.0. The lowest BCUT2D eigenvalue weighted by atomic mass is 10.2. The van der Waals surface area contributed by atoms with Gasteiger partial charge in [-0.05, 0) is 29.8 Å². The number of benzene rings is 1. The lowest BCUT2D eigenvalue weighted by Gasteiger charge is -2.12. The largest absolute Gasteiger partial charge is 0.406 e. The molecule has 0 radical (unpaired) electrons. The van der Waals surface area contributed by atoms with Gasteiger partial charge in [0.05, 0.1) is 0 Å². The molecule has 0 atom stereocenters. The van der Waals surface area contributed by atoms with Crippen LogP contribution in [0.4, 0.5) is 13.2 Å². The Morgan fingerprint density at radius 2 is 2.00 bits per heavy atom. The molecule has 1 heterocycles. The lowest BCUT2D eigenvalue weighted by molar-refractivity contribution is -0.140. The fourth-order valence-corrected chi connectivity index (χ4v) is 2.32. The van der Waals surface area contributed by atoms with E-state index in [1.165, 1.54) is 18.3 Å². The topological polar surface area (TPSA) is 34.0 Å². The van der Waals surface area contributed by atoms with E-state index in [9.17, 15) is 18.0 Å². The summed E-state index contributed by atoms with van der Waals surface area (Å²) in [6.45, 7) is -0.935. The van der Waals surface area contributed by atoms with Crippen molar-refractivity contribution < 1.29 is 18.0 Å². The zero-order valence-corrected chi connectivity index (χ0v) is 12.4. The molecule has 3 nitrogen and oxygen atoms in total. The summed E-state index contributed by atoms with van der Waals surface area (Å²) >= 11 is 3.31. The molecule has 1 aromatic carbocycles. The zero-order valence-electron chi connectivity index (χ0n) is 10.8. The predicted molar refractivity (Wildman–Crippen MR) is 75.8 cm³/mol. The van der Waals surface area contributed by atoms with E-state index in [-0.39, 0.29) is 12.2 Å². The fraction of sp³-hybridized carbons (Fsp3) is 0.214. The summed E-state index contributed by atoms with van der Waals surface area (Å²) in [6, 6.07) is 10.1. The molecule has 0 aliphatic rings. The van der Waals surface area contributed by atoms with Crippen molar-refractivity contribution in [2.45, 2.75) is 19.3 Å². The van der Waals surface area contributed by atoms with E-state index < -0.39 is 18.6 Å². The van der Waals surface area contributed by atoms with E-state index in [1.807, 2.05) is 24.3 Å². The first-order valence-electron chi connectivity index (χ1n) is 6.10. The van der Waals surface area contributed by atoms with Crippen molar-refractivity contribution in [3.63, 3.8) is 0 Å². The quantitative estimate of drug-likeness (QED) is 0.885. The van der Waals surface area contributed by atoms with Gasteiger partial charge in [-0.2, -0.15) is 13.2 Å². The molecule has 112 valence electrons. The number of alkyl halides is 3. The van der Waals surface area contributed by atoms with Crippen LogP contribution in [-0.2, 0) is 13.1 Å². The fourth-order valence-electron chi connectivity index (χ4n) is 1.87. The number of hydrogen-bond donors (Lipinski definition) is 1. The molecule has 0 saturated carbocycles. The number of carbonyl (C=O) groups excluding carboxylic acids is 1. The Bertz CT molecular complexity index is 637. The number of hydrogen-bond acceptors (Lipinski definition) is 1. The molecule has 0 fully saturated rings. The molecule has 2 rings (SSSR count). The van der Waals surface area contributed by atoms with Gasteiger partial charge in [0.1, 0.15) is 12.2 Å². The number of aromatic nitrogens is 1. The number of amides is 1. The summed E-state index contributed by atoms with van der Waals surface area (Å²) < 4.78 is 39.0. The molecule has 2 aromatic rings. The van der Waals surface area contributed by atoms with Crippen molar-refractivity contribution in [1.82, 2.24) is 9.88 Å². The van der Waals surface area contributed by atoms with E-state index >= 15 is 0 Å². The lowest BCUT2D eigenvalue weighted by Crippen LogP contribution is -2.27. The van der Waals surface area contributed by atoms with Crippen molar-refractivity contribution in [2.75, 3.05) is 0 Å². The second-order valence-corrected chi connectivity index (χ2v) is 5.36. The van der Waals surface area contributed by atoms with Crippen LogP contribution in [-0.4, -0.2) is 16.7 Å². The second-order valence-electron chi connectivity index (χ2n) is 4.45. The highest BCUT2D eigenvalue weighted by molar-refractivity contribution is 9.10. The molecule has 0 bridgehead atoms. The van der Waals surface area contributed by atoms with Crippen molar-refractivity contribution in [1.29, 1.82) is 0 Å². The molecular weight excluding hydrogens is 349 g/mol. The minimum absolute atomic E-state index is 0.0117. The van der Waals surface area contributed by atoms with Crippen LogP contribution in [0, 0.1) is 0 Å². The average molecular weight is 361 g/mol. The van der Waals surface area contributed by atoms with Gasteiger partial charge in [-0.3, -0.25) is 4.79 Å². The van der Waals surface area contributed by atoms with Crippen LogP contribution in [0.5, 0.6) is 0 Å². The van der Waals surface area contributed by atoms with Crippen LogP contribution in [0.2, 0.25) is 0 Å². The van der Waals surface area contributed by atoms with Gasteiger partial charge in [0.15, 0.2) is 0 Å². The van der Waals surface area contributed by atoms with Crippen molar-refractivity contribution in [2.24, 2.45) is 0 Å². The molecule has 21 heavy (non-hydrogen) atoms. The number of rotatable bonds is 4. The Hall–Kier alpha value is -1.76. The summed E-state index contributed by atoms with van der Waals surface area (Å²) in [5.74, 6) is -0.538. The Labute approximate surface area is 127 Å². The van der Waals surface area contributed by atoms with Gasteiger partial charge in [-0.25, -0.2) is 0 Å². The van der Waals surface area contributed by atoms with Crippen LogP contribution in [0.1, 0.15) is 16.1 Å². The number of carbonyl (C=O) groups is 1. The molecular formula is C14H12BrF3N2O. The molecule has 1 N–H and O–H groups in total. The molecule has 0 aliphatic carbocycles. The third kappa shape index (κ3) is 4.63. The Balaban J connectivity index is 2.03. The Kier molecular flexibility index (Phi) is 4.72. The first-order chi connectivity index (χ1) is 9.85. The summed E-state index contributed by atoms with van der Waals surface area (Å²) in [7, 11) is 0. The smallest absolute Gasteiger partial charge is 0.347 e. The number of nitrogens with zero attached hydrogens (tertiary/aromatic N) is 1. The predicted octanol–water partition coefficient (Wildman–Crippen LogP) is 3.74. The van der Waals surface area contributed by atoms with Crippen molar-refractivity contribution in [3.8, 4) is 0 Å². The SMILES string of the molecule is O=C(NCc1cccc(Br)c1)c1cccn1CC(F)(F)F. The highest BCUT2D eigenvalue weighted by Gasteiger charge is 2.29. The summed E-state index contributed by atoms with van der Waals surface area (Å²) in [6.07, 6.45) is -3.13. The van der Waals surface area contributed by atoms with E-state index in [0.717, 1.165) is 14.6 Å². The maximum absolute atomic E-state index is 12.4. The maximum atomic E-state index is 12.4. The van der Waals surface area contributed by atoms with Gasteiger partial charge in [-0.15, -0.1) is 0 Å². The van der Waals surface area contributed by atoms with E-state index in [4.69, 9.17) is 0 Å². The monoisotopic (exact) mass is 360 g/mol. The van der Waals surface area contributed by atoms with Gasteiger partial charge in [0.25, 0.3) is 5.91 Å². The van der Waals surface area contributed by atoms with E-state index in [0.29, 0.717) is 0 Å². The maximum Gasteiger partial charge on any atom is 0.406 e. The van der Waals surface area contributed by atoms with Crippen LogP contribution < -0.4 is 5.32 Å². The molecule has 1 aromatic heterocycles. The second kappa shape index (κ2) is 6.34. The van der Waals surface area contributed by atoms with E-state index in [1.54, 1.807) is 0 Å². The average Bonchev–Trinajstić information content (AvgIpc) is 2.82. The van der Waals surface area contributed by atoms with Crippen LogP contribution in [0.15, 0.2) is 47.1 Å². The number of nitrogens with one attached hydrogen (secondary N) is 1. The number of halogens is 4. The molecule has 0 spiro atoms. The Morgan fingerprint density at radius 3 is 2.67 bits per heavy atom. The molecule has 0 saturated heterocycles. The zero-order chi connectivity index (χ0) is 15.5. The van der Waals surface area contributed by atoms with Gasteiger partial charge < -0.3 is 9.88 Å². The van der Waals surface area contributed by atoms with Crippen molar-refractivity contribution >= 4 is 21.8 Å². The molecule has 7 heteroatoms. The summed E-state index contributed by atoms with van der Waals surface area (Å²) in [5.41, 5.74) is 0.842. The first kappa shape index (κ1) is 15.6. The first-order valence-corrected chi connectivity index (χ1v) is 6.89.